The predicted molar refractivity (Wildman–Crippen MR) is 243 cm³/mol. The second-order valence-corrected chi connectivity index (χ2v) is 15.6. The molecule has 0 bridgehead atoms. The zero-order valence-electron chi connectivity index (χ0n) is 30.9. The van der Waals surface area contributed by atoms with Crippen molar-refractivity contribution in [2.45, 2.75) is 0 Å². The van der Waals surface area contributed by atoms with E-state index in [0.29, 0.717) is 0 Å². The van der Waals surface area contributed by atoms with Crippen LogP contribution in [0.4, 0.5) is 0 Å². The summed E-state index contributed by atoms with van der Waals surface area (Å²) in [4.78, 5) is 11.8. The van der Waals surface area contributed by atoms with Gasteiger partial charge in [0.1, 0.15) is 4.83 Å². The fourth-order valence-corrected chi connectivity index (χ4v) is 9.39. The van der Waals surface area contributed by atoms with Crippen LogP contribution in [-0.4, -0.2) is 9.97 Å². The summed E-state index contributed by atoms with van der Waals surface area (Å²) < 4.78 is 1.22. The molecule has 0 spiro atoms. The Labute approximate surface area is 335 Å². The monoisotopic (exact) mass is 742 g/mol. The third-order valence-electron chi connectivity index (χ3n) is 11.1. The summed E-state index contributed by atoms with van der Waals surface area (Å²) in [6, 6.07) is 74.0. The van der Waals surface area contributed by atoms with Gasteiger partial charge in [0.25, 0.3) is 0 Å². The highest BCUT2D eigenvalue weighted by Crippen LogP contribution is 2.44. The molecule has 0 aliphatic heterocycles. The van der Waals surface area contributed by atoms with E-state index in [1.54, 1.807) is 11.3 Å². The number of fused-ring (bicyclic) bond motifs is 6. The predicted octanol–water partition coefficient (Wildman–Crippen LogP) is 15.2. The Morgan fingerprint density at radius 3 is 1.47 bits per heavy atom. The van der Waals surface area contributed by atoms with Crippen molar-refractivity contribution in [3.8, 4) is 67.2 Å². The third-order valence-corrected chi connectivity index (χ3v) is 12.1. The average Bonchev–Trinajstić information content (AvgIpc) is 3.68. The van der Waals surface area contributed by atoms with Crippen molar-refractivity contribution >= 4 is 53.2 Å². The number of thiophene rings is 1. The van der Waals surface area contributed by atoms with E-state index < -0.39 is 0 Å². The number of rotatable bonds is 6. The Hall–Kier alpha value is -7.20. The van der Waals surface area contributed by atoms with E-state index in [1.165, 1.54) is 65.0 Å². The summed E-state index contributed by atoms with van der Waals surface area (Å²) >= 11 is 1.75. The molecule has 0 aliphatic carbocycles. The fourth-order valence-electron chi connectivity index (χ4n) is 8.30. The Bertz CT molecular complexity index is 3230. The fraction of sp³-hybridized carbons (Fsp3) is 0. The summed E-state index contributed by atoms with van der Waals surface area (Å²) in [7, 11) is 0. The number of hydrogen-bond acceptors (Lipinski definition) is 3. The molecular formula is C54H34N2S. The molecule has 0 N–H and O–H groups in total. The van der Waals surface area contributed by atoms with Crippen molar-refractivity contribution in [3.05, 3.63) is 206 Å². The summed E-state index contributed by atoms with van der Waals surface area (Å²) in [5, 5.41) is 7.16. The highest BCUT2D eigenvalue weighted by molar-refractivity contribution is 7.25. The number of benzene rings is 9. The standard InChI is InChI=1S/C54H34N2S/c1-3-14-35(15-4-1)43-32-44(36-16-5-2-6-17-36)34-45(33-43)41-23-11-21-39(30-41)40-22-12-24-42(31-40)53-55-52(48-27-13-20-37-18-7-9-25-46(37)48)51-50-47-26-10-8-19-38(47)28-29-49(50)57-54(51)56-53/h1-34H. The maximum absolute atomic E-state index is 5.49. The summed E-state index contributed by atoms with van der Waals surface area (Å²) in [6.45, 7) is 0. The second-order valence-electron chi connectivity index (χ2n) is 14.6. The molecule has 0 amide bonds. The van der Waals surface area contributed by atoms with Crippen LogP contribution in [0.3, 0.4) is 0 Å². The minimum absolute atomic E-state index is 0.724. The largest absolute Gasteiger partial charge is 0.227 e. The van der Waals surface area contributed by atoms with Gasteiger partial charge in [-0.05, 0) is 102 Å². The van der Waals surface area contributed by atoms with Crippen molar-refractivity contribution in [3.63, 3.8) is 0 Å². The zero-order chi connectivity index (χ0) is 37.7. The van der Waals surface area contributed by atoms with Gasteiger partial charge in [-0.1, -0.05) is 170 Å². The molecule has 3 heteroatoms. The van der Waals surface area contributed by atoms with Crippen LogP contribution in [0.25, 0.3) is 109 Å². The summed E-state index contributed by atoms with van der Waals surface area (Å²) in [6.07, 6.45) is 0. The lowest BCUT2D eigenvalue weighted by Gasteiger charge is -2.13. The van der Waals surface area contributed by atoms with Gasteiger partial charge in [0, 0.05) is 26.6 Å². The Morgan fingerprint density at radius 2 is 0.789 bits per heavy atom. The first-order chi connectivity index (χ1) is 28.2. The molecule has 57 heavy (non-hydrogen) atoms. The summed E-state index contributed by atoms with van der Waals surface area (Å²) in [5.74, 6) is 0.724. The lowest BCUT2D eigenvalue weighted by molar-refractivity contribution is 1.24. The van der Waals surface area contributed by atoms with Crippen LogP contribution in [0.2, 0.25) is 0 Å². The van der Waals surface area contributed by atoms with Crippen LogP contribution >= 0.6 is 11.3 Å². The van der Waals surface area contributed by atoms with Crippen molar-refractivity contribution < 1.29 is 0 Å². The highest BCUT2D eigenvalue weighted by Gasteiger charge is 2.20. The molecule has 9 aromatic carbocycles. The number of aromatic nitrogens is 2. The van der Waals surface area contributed by atoms with Gasteiger partial charge in [0.2, 0.25) is 0 Å². The Balaban J connectivity index is 1.06. The molecule has 266 valence electrons. The minimum Gasteiger partial charge on any atom is -0.227 e. The van der Waals surface area contributed by atoms with E-state index >= 15 is 0 Å². The van der Waals surface area contributed by atoms with Crippen LogP contribution in [0, 0.1) is 0 Å². The van der Waals surface area contributed by atoms with Crippen molar-refractivity contribution in [2.75, 3.05) is 0 Å². The maximum Gasteiger partial charge on any atom is 0.161 e. The lowest BCUT2D eigenvalue weighted by Crippen LogP contribution is -1.95. The van der Waals surface area contributed by atoms with Crippen LogP contribution in [0.5, 0.6) is 0 Å². The van der Waals surface area contributed by atoms with Crippen molar-refractivity contribution in [2.24, 2.45) is 0 Å². The van der Waals surface area contributed by atoms with Gasteiger partial charge >= 0.3 is 0 Å². The molecule has 0 radical (unpaired) electrons. The molecule has 0 saturated carbocycles. The number of nitrogens with zero attached hydrogens (tertiary/aromatic N) is 2. The molecule has 2 heterocycles. The van der Waals surface area contributed by atoms with Crippen LogP contribution in [0.1, 0.15) is 0 Å². The first-order valence-corrected chi connectivity index (χ1v) is 20.1. The van der Waals surface area contributed by atoms with Crippen LogP contribution in [-0.2, 0) is 0 Å². The topological polar surface area (TPSA) is 25.8 Å². The van der Waals surface area contributed by atoms with E-state index in [2.05, 4.69) is 206 Å². The van der Waals surface area contributed by atoms with Crippen LogP contribution < -0.4 is 0 Å². The van der Waals surface area contributed by atoms with Crippen molar-refractivity contribution in [1.29, 1.82) is 0 Å². The molecular weight excluding hydrogens is 709 g/mol. The van der Waals surface area contributed by atoms with Gasteiger partial charge in [-0.25, -0.2) is 9.97 Å². The van der Waals surface area contributed by atoms with Gasteiger partial charge in [-0.2, -0.15) is 0 Å². The minimum atomic E-state index is 0.724. The SMILES string of the molecule is c1ccc(-c2cc(-c3ccccc3)cc(-c3cccc(-c4cccc(-c5nc(-c6cccc7ccccc67)c6c(n5)sc5ccc7ccccc7c56)c4)c3)c2)cc1. The summed E-state index contributed by atoms with van der Waals surface area (Å²) in [5.41, 5.74) is 12.5. The second kappa shape index (κ2) is 13.8. The third kappa shape index (κ3) is 5.97. The zero-order valence-corrected chi connectivity index (χ0v) is 31.7. The van der Waals surface area contributed by atoms with E-state index in [0.717, 1.165) is 44.0 Å². The van der Waals surface area contributed by atoms with Gasteiger partial charge in [-0.3, -0.25) is 0 Å². The van der Waals surface area contributed by atoms with E-state index in [-0.39, 0.29) is 0 Å². The van der Waals surface area contributed by atoms with Gasteiger partial charge in [-0.15, -0.1) is 11.3 Å². The maximum atomic E-state index is 5.49. The molecule has 0 aliphatic rings. The van der Waals surface area contributed by atoms with E-state index in [9.17, 15) is 0 Å². The smallest absolute Gasteiger partial charge is 0.161 e. The Morgan fingerprint density at radius 1 is 0.316 bits per heavy atom. The molecule has 0 fully saturated rings. The first-order valence-electron chi connectivity index (χ1n) is 19.3. The van der Waals surface area contributed by atoms with E-state index in [1.807, 2.05) is 0 Å². The molecule has 0 saturated heterocycles. The number of hydrogen-bond donors (Lipinski definition) is 0. The van der Waals surface area contributed by atoms with Gasteiger partial charge in [0.15, 0.2) is 5.82 Å². The normalized spacial score (nSPS) is 11.5. The molecule has 2 nitrogen and oxygen atoms in total. The van der Waals surface area contributed by atoms with Gasteiger partial charge < -0.3 is 0 Å². The first kappa shape index (κ1) is 33.2. The highest BCUT2D eigenvalue weighted by atomic mass is 32.1. The van der Waals surface area contributed by atoms with Crippen molar-refractivity contribution in [1.82, 2.24) is 9.97 Å². The molecule has 11 rings (SSSR count). The molecule has 0 atom stereocenters. The molecule has 11 aromatic rings. The average molecular weight is 743 g/mol. The molecule has 0 unspecified atom stereocenters. The Kier molecular flexibility index (Phi) is 8.04. The lowest BCUT2D eigenvalue weighted by atomic mass is 9.92. The van der Waals surface area contributed by atoms with Crippen LogP contribution in [0.15, 0.2) is 206 Å². The van der Waals surface area contributed by atoms with E-state index in [4.69, 9.17) is 9.97 Å². The quantitative estimate of drug-likeness (QED) is 0.170. The molecule has 2 aromatic heterocycles. The van der Waals surface area contributed by atoms with Gasteiger partial charge in [0.05, 0.1) is 5.69 Å².